The lowest BCUT2D eigenvalue weighted by atomic mass is 10.1. The number of rotatable bonds is 4. The molecule has 0 bridgehead atoms. The second-order valence-electron chi connectivity index (χ2n) is 2.65. The first kappa shape index (κ1) is 9.58. The van der Waals surface area contributed by atoms with Gasteiger partial charge in [-0.3, -0.25) is 4.79 Å². The minimum atomic E-state index is 0.112. The normalized spacial score (nSPS) is 9.62. The topological polar surface area (TPSA) is 46.5 Å². The predicted octanol–water partition coefficient (Wildman–Crippen LogP) is 1.44. The first-order valence-electron chi connectivity index (χ1n) is 3.99. The molecule has 13 heavy (non-hydrogen) atoms. The molecule has 0 saturated carbocycles. The second kappa shape index (κ2) is 4.50. The van der Waals surface area contributed by atoms with Crippen LogP contribution in [0, 0.1) is 0 Å². The van der Waals surface area contributed by atoms with E-state index in [1.807, 2.05) is 6.29 Å². The summed E-state index contributed by atoms with van der Waals surface area (Å²) in [6.07, 6.45) is 2.81. The van der Waals surface area contributed by atoms with Crippen LogP contribution < -0.4 is 4.74 Å². The molecule has 0 aliphatic rings. The van der Waals surface area contributed by atoms with Crippen molar-refractivity contribution in [3.63, 3.8) is 0 Å². The van der Waals surface area contributed by atoms with Crippen LogP contribution in [0.1, 0.15) is 12.0 Å². The summed E-state index contributed by atoms with van der Waals surface area (Å²) in [5.74, 6) is 0.546. The molecule has 1 N–H and O–H groups in total. The van der Waals surface area contributed by atoms with Gasteiger partial charge < -0.3 is 9.84 Å². The van der Waals surface area contributed by atoms with Gasteiger partial charge in [0.05, 0.1) is 7.11 Å². The maximum Gasteiger partial charge on any atom is 0.198 e. The number of ether oxygens (including phenoxy) is 1. The van der Waals surface area contributed by atoms with Gasteiger partial charge in [-0.1, -0.05) is 6.07 Å². The fourth-order valence-corrected chi connectivity index (χ4v) is 1.07. The molecule has 0 spiro atoms. The highest BCUT2D eigenvalue weighted by molar-refractivity contribution is 5.51. The van der Waals surface area contributed by atoms with Gasteiger partial charge in [0.25, 0.3) is 0 Å². The average molecular weight is 179 g/mol. The third-order valence-corrected chi connectivity index (χ3v) is 1.76. The van der Waals surface area contributed by atoms with Crippen LogP contribution >= 0.6 is 0 Å². The standard InChI is InChI=1S/C10H11O3/c1-13-10-7-8(3-2-6-11)4-5-9(10)12/h4-5,7,12H,2-3H2,1H3. The summed E-state index contributed by atoms with van der Waals surface area (Å²) in [4.78, 5) is 9.99. The van der Waals surface area contributed by atoms with Crippen molar-refractivity contribution >= 4 is 6.29 Å². The van der Waals surface area contributed by atoms with Crippen molar-refractivity contribution in [2.24, 2.45) is 0 Å². The zero-order valence-electron chi connectivity index (χ0n) is 7.41. The van der Waals surface area contributed by atoms with Crippen LogP contribution in [0.4, 0.5) is 0 Å². The lowest BCUT2D eigenvalue weighted by Crippen LogP contribution is -1.89. The SMILES string of the molecule is COc1cc(CC[C]=O)ccc1O. The van der Waals surface area contributed by atoms with Crippen LogP contribution in [0.25, 0.3) is 0 Å². The van der Waals surface area contributed by atoms with E-state index in [-0.39, 0.29) is 5.75 Å². The number of phenols is 1. The van der Waals surface area contributed by atoms with E-state index < -0.39 is 0 Å². The molecule has 0 aromatic heterocycles. The lowest BCUT2D eigenvalue weighted by Gasteiger charge is -2.04. The van der Waals surface area contributed by atoms with Gasteiger partial charge in [0.15, 0.2) is 17.8 Å². The Morgan fingerprint density at radius 1 is 1.54 bits per heavy atom. The van der Waals surface area contributed by atoms with Gasteiger partial charge in [-0.25, -0.2) is 0 Å². The third kappa shape index (κ3) is 2.47. The fourth-order valence-electron chi connectivity index (χ4n) is 1.07. The van der Waals surface area contributed by atoms with Crippen LogP contribution in [0.5, 0.6) is 11.5 Å². The number of hydrogen-bond acceptors (Lipinski definition) is 3. The molecule has 0 fully saturated rings. The van der Waals surface area contributed by atoms with Crippen molar-refractivity contribution < 1.29 is 14.6 Å². The van der Waals surface area contributed by atoms with Crippen molar-refractivity contribution in [2.75, 3.05) is 7.11 Å². The smallest absolute Gasteiger partial charge is 0.198 e. The molecule has 0 aliphatic carbocycles. The van der Waals surface area contributed by atoms with E-state index in [2.05, 4.69) is 0 Å². The molecule has 0 saturated heterocycles. The van der Waals surface area contributed by atoms with E-state index in [0.29, 0.717) is 18.6 Å². The van der Waals surface area contributed by atoms with Crippen molar-refractivity contribution in [1.82, 2.24) is 0 Å². The Kier molecular flexibility index (Phi) is 3.31. The summed E-state index contributed by atoms with van der Waals surface area (Å²) in [6, 6.07) is 5.03. The summed E-state index contributed by atoms with van der Waals surface area (Å²) in [5, 5.41) is 9.26. The van der Waals surface area contributed by atoms with Gasteiger partial charge in [0.1, 0.15) is 0 Å². The molecular formula is C10H11O3. The monoisotopic (exact) mass is 179 g/mol. The highest BCUT2D eigenvalue weighted by Gasteiger charge is 2.01. The van der Waals surface area contributed by atoms with Crippen molar-refractivity contribution in [2.45, 2.75) is 12.8 Å². The summed E-state index contributed by atoms with van der Waals surface area (Å²) >= 11 is 0. The van der Waals surface area contributed by atoms with E-state index in [9.17, 15) is 9.90 Å². The van der Waals surface area contributed by atoms with E-state index in [0.717, 1.165) is 5.56 Å². The Morgan fingerprint density at radius 2 is 2.31 bits per heavy atom. The van der Waals surface area contributed by atoms with Crippen molar-refractivity contribution in [1.29, 1.82) is 0 Å². The number of phenolic OH excluding ortho intramolecular Hbond substituents is 1. The number of aromatic hydroxyl groups is 1. The second-order valence-corrected chi connectivity index (χ2v) is 2.65. The maximum atomic E-state index is 9.99. The highest BCUT2D eigenvalue weighted by Crippen LogP contribution is 2.26. The van der Waals surface area contributed by atoms with Gasteiger partial charge in [-0.15, -0.1) is 0 Å². The Bertz CT molecular complexity index is 294. The Hall–Kier alpha value is -1.51. The molecule has 0 unspecified atom stereocenters. The summed E-state index contributed by atoms with van der Waals surface area (Å²) in [5.41, 5.74) is 0.956. The van der Waals surface area contributed by atoms with Crippen LogP contribution in [-0.2, 0) is 11.2 Å². The Labute approximate surface area is 77.0 Å². The van der Waals surface area contributed by atoms with Crippen LogP contribution in [0.3, 0.4) is 0 Å². The Balaban J connectivity index is 2.79. The lowest BCUT2D eigenvalue weighted by molar-refractivity contribution is 0.373. The summed E-state index contributed by atoms with van der Waals surface area (Å²) in [6.45, 7) is 0. The van der Waals surface area contributed by atoms with Crippen LogP contribution in [0.2, 0.25) is 0 Å². The van der Waals surface area contributed by atoms with Gasteiger partial charge in [-0.05, 0) is 24.1 Å². The minimum absolute atomic E-state index is 0.112. The largest absolute Gasteiger partial charge is 0.504 e. The first-order chi connectivity index (χ1) is 6.27. The zero-order valence-corrected chi connectivity index (χ0v) is 7.41. The fraction of sp³-hybridized carbons (Fsp3) is 0.300. The first-order valence-corrected chi connectivity index (χ1v) is 3.99. The Morgan fingerprint density at radius 3 is 2.92 bits per heavy atom. The third-order valence-electron chi connectivity index (χ3n) is 1.76. The predicted molar refractivity (Wildman–Crippen MR) is 48.7 cm³/mol. The molecule has 0 atom stereocenters. The number of benzene rings is 1. The molecule has 0 aliphatic heterocycles. The molecule has 1 radical (unpaired) electrons. The molecule has 69 valence electrons. The maximum absolute atomic E-state index is 9.99. The van der Waals surface area contributed by atoms with Crippen LogP contribution in [0.15, 0.2) is 18.2 Å². The molecular weight excluding hydrogens is 168 g/mol. The summed E-state index contributed by atoms with van der Waals surface area (Å²) in [7, 11) is 1.49. The van der Waals surface area contributed by atoms with Crippen LogP contribution in [-0.4, -0.2) is 18.5 Å². The van der Waals surface area contributed by atoms with Gasteiger partial charge in [0.2, 0.25) is 0 Å². The minimum Gasteiger partial charge on any atom is -0.504 e. The van der Waals surface area contributed by atoms with Crippen molar-refractivity contribution in [3.8, 4) is 11.5 Å². The molecule has 0 heterocycles. The van der Waals surface area contributed by atoms with E-state index >= 15 is 0 Å². The van der Waals surface area contributed by atoms with Gasteiger partial charge in [-0.2, -0.15) is 0 Å². The molecule has 0 amide bonds. The average Bonchev–Trinajstić information content (AvgIpc) is 2.16. The quantitative estimate of drug-likeness (QED) is 0.760. The molecule has 3 nitrogen and oxygen atoms in total. The van der Waals surface area contributed by atoms with Crippen molar-refractivity contribution in [3.05, 3.63) is 23.8 Å². The number of hydrogen-bond donors (Lipinski definition) is 1. The van der Waals surface area contributed by atoms with Gasteiger partial charge >= 0.3 is 0 Å². The van der Waals surface area contributed by atoms with E-state index in [1.165, 1.54) is 7.11 Å². The molecule has 1 rings (SSSR count). The number of carbonyl (C=O) groups excluding carboxylic acids is 1. The van der Waals surface area contributed by atoms with E-state index in [4.69, 9.17) is 4.74 Å². The molecule has 3 heteroatoms. The summed E-state index contributed by atoms with van der Waals surface area (Å²) < 4.78 is 4.92. The number of methoxy groups -OCH3 is 1. The molecule has 1 aromatic rings. The van der Waals surface area contributed by atoms with Gasteiger partial charge in [0, 0.05) is 6.42 Å². The number of aryl methyl sites for hydroxylation is 1. The van der Waals surface area contributed by atoms with E-state index in [1.54, 1.807) is 18.2 Å². The molecule has 1 aromatic carbocycles. The highest BCUT2D eigenvalue weighted by atomic mass is 16.5. The zero-order chi connectivity index (χ0) is 9.68.